The molecule has 1 aliphatic carbocycles. The normalized spacial score (nSPS) is 18.9. The maximum atomic E-state index is 13.3. The van der Waals surface area contributed by atoms with Crippen molar-refractivity contribution in [1.29, 1.82) is 0 Å². The number of thiazole rings is 1. The second kappa shape index (κ2) is 9.55. The monoisotopic (exact) mass is 449 g/mol. The van der Waals surface area contributed by atoms with Crippen molar-refractivity contribution in [2.24, 2.45) is 7.05 Å². The van der Waals surface area contributed by atoms with E-state index in [-0.39, 0.29) is 5.91 Å². The van der Waals surface area contributed by atoms with Gasteiger partial charge in [0, 0.05) is 54.9 Å². The number of fused-ring (bicyclic) bond motifs is 1. The van der Waals surface area contributed by atoms with Gasteiger partial charge in [0.1, 0.15) is 5.01 Å². The summed E-state index contributed by atoms with van der Waals surface area (Å²) < 4.78 is 1.93. The van der Waals surface area contributed by atoms with E-state index in [1.165, 1.54) is 18.5 Å². The van der Waals surface area contributed by atoms with Crippen molar-refractivity contribution >= 4 is 17.2 Å². The highest BCUT2D eigenvalue weighted by molar-refractivity contribution is 7.09. The Balaban J connectivity index is 1.25. The van der Waals surface area contributed by atoms with E-state index < -0.39 is 0 Å². The first-order chi connectivity index (χ1) is 15.7. The van der Waals surface area contributed by atoms with Crippen LogP contribution in [0.4, 0.5) is 0 Å². The Bertz CT molecular complexity index is 1070. The largest absolute Gasteiger partial charge is 0.337 e. The van der Waals surface area contributed by atoms with Crippen molar-refractivity contribution in [2.75, 3.05) is 13.1 Å². The molecule has 1 fully saturated rings. The summed E-state index contributed by atoms with van der Waals surface area (Å²) in [6, 6.07) is 10.7. The zero-order chi connectivity index (χ0) is 21.9. The van der Waals surface area contributed by atoms with Crippen molar-refractivity contribution in [2.45, 2.75) is 57.5 Å². The quantitative estimate of drug-likeness (QED) is 0.634. The van der Waals surface area contributed by atoms with Crippen LogP contribution in [0.25, 0.3) is 11.3 Å². The van der Waals surface area contributed by atoms with Gasteiger partial charge in [-0.2, -0.15) is 5.10 Å². The van der Waals surface area contributed by atoms with E-state index in [2.05, 4.69) is 27.9 Å². The molecule has 0 spiro atoms. The molecule has 0 unspecified atom stereocenters. The number of carbonyl (C=O) groups excluding carboxylic acids is 1. The van der Waals surface area contributed by atoms with Crippen molar-refractivity contribution in [1.82, 2.24) is 25.0 Å². The van der Waals surface area contributed by atoms with E-state index in [0.717, 1.165) is 73.6 Å². The topological polar surface area (TPSA) is 63.1 Å². The average molecular weight is 450 g/mol. The number of nitrogens with zero attached hydrogens (tertiary/aromatic N) is 4. The summed E-state index contributed by atoms with van der Waals surface area (Å²) in [5.41, 5.74) is 5.24. The first kappa shape index (κ1) is 21.3. The fourth-order valence-electron chi connectivity index (χ4n) is 4.92. The van der Waals surface area contributed by atoms with Gasteiger partial charge in [-0.1, -0.05) is 43.2 Å². The van der Waals surface area contributed by atoms with E-state index in [1.54, 1.807) is 11.3 Å². The lowest BCUT2D eigenvalue weighted by atomic mass is 9.91. The van der Waals surface area contributed by atoms with Crippen LogP contribution in [0, 0.1) is 0 Å². The highest BCUT2D eigenvalue weighted by atomic mass is 32.1. The molecule has 1 aliphatic heterocycles. The molecule has 6 nitrogen and oxygen atoms in total. The smallest absolute Gasteiger partial charge is 0.274 e. The Morgan fingerprint density at radius 3 is 2.72 bits per heavy atom. The lowest BCUT2D eigenvalue weighted by Gasteiger charge is -2.25. The first-order valence-corrected chi connectivity index (χ1v) is 12.6. The van der Waals surface area contributed by atoms with Gasteiger partial charge in [-0.3, -0.25) is 9.48 Å². The number of likely N-dealkylation sites (tertiary alicyclic amines) is 1. The van der Waals surface area contributed by atoms with Crippen molar-refractivity contribution < 1.29 is 4.79 Å². The predicted molar refractivity (Wildman–Crippen MR) is 128 cm³/mol. The highest BCUT2D eigenvalue weighted by Crippen LogP contribution is 2.27. The number of nitrogens with one attached hydrogen (secondary N) is 1. The second-order valence-corrected chi connectivity index (χ2v) is 9.86. The second-order valence-electron chi connectivity index (χ2n) is 8.92. The number of benzene rings is 1. The fourth-order valence-corrected chi connectivity index (χ4v) is 5.68. The van der Waals surface area contributed by atoms with E-state index >= 15 is 0 Å². The number of aromatic nitrogens is 3. The molecule has 7 heteroatoms. The maximum absolute atomic E-state index is 13.3. The molecule has 2 aliphatic rings. The number of carbonyl (C=O) groups is 1. The Morgan fingerprint density at radius 2 is 1.94 bits per heavy atom. The van der Waals surface area contributed by atoms with Crippen LogP contribution in [-0.2, 0) is 26.4 Å². The molecule has 0 radical (unpaired) electrons. The summed E-state index contributed by atoms with van der Waals surface area (Å²) in [7, 11) is 1.98. The summed E-state index contributed by atoms with van der Waals surface area (Å²) in [4.78, 5) is 20.1. The summed E-state index contributed by atoms with van der Waals surface area (Å²) >= 11 is 1.70. The van der Waals surface area contributed by atoms with E-state index in [9.17, 15) is 4.79 Å². The van der Waals surface area contributed by atoms with Crippen LogP contribution in [-0.4, -0.2) is 44.7 Å². The Hall–Kier alpha value is -2.51. The molecular formula is C25H31N5OS. The predicted octanol–water partition coefficient (Wildman–Crippen LogP) is 4.21. The zero-order valence-electron chi connectivity index (χ0n) is 18.7. The molecule has 32 heavy (non-hydrogen) atoms. The molecular weight excluding hydrogens is 418 g/mol. The van der Waals surface area contributed by atoms with Gasteiger partial charge in [0.2, 0.25) is 0 Å². The van der Waals surface area contributed by atoms with Crippen LogP contribution < -0.4 is 5.32 Å². The van der Waals surface area contributed by atoms with Crippen LogP contribution in [0.3, 0.4) is 0 Å². The molecule has 3 heterocycles. The van der Waals surface area contributed by atoms with Crippen molar-refractivity contribution in [3.05, 3.63) is 57.7 Å². The number of hydrogen-bond acceptors (Lipinski definition) is 5. The van der Waals surface area contributed by atoms with Crippen LogP contribution in [0.1, 0.15) is 58.9 Å². The summed E-state index contributed by atoms with van der Waals surface area (Å²) in [5.74, 6) is 0.122. The van der Waals surface area contributed by atoms with E-state index in [0.29, 0.717) is 11.7 Å². The molecule has 1 aromatic carbocycles. The molecule has 3 aromatic rings. The van der Waals surface area contributed by atoms with Crippen molar-refractivity contribution in [3.8, 4) is 11.3 Å². The third kappa shape index (κ3) is 4.50. The van der Waals surface area contributed by atoms with Crippen LogP contribution >= 0.6 is 11.3 Å². The fraction of sp³-hybridized carbons (Fsp3) is 0.480. The third-order valence-electron chi connectivity index (χ3n) is 6.71. The zero-order valence-corrected chi connectivity index (χ0v) is 19.5. The first-order valence-electron chi connectivity index (χ1n) is 11.8. The molecule has 1 atom stereocenters. The minimum atomic E-state index is 0.122. The molecule has 168 valence electrons. The Kier molecular flexibility index (Phi) is 6.37. The standard InChI is InChI=1S/C25H31N5OS/c1-29-22-12-11-19(26-16-23-27-21(17-32-23)18-9-5-4-6-10-18)15-20(22)24(28-29)25(31)30-13-7-2-3-8-14-30/h4-6,9-10,17,19,26H,2-3,7-8,11-16H2,1H3/t19-/m1/s1. The van der Waals surface area contributed by atoms with E-state index in [1.807, 2.05) is 34.8 Å². The molecule has 5 rings (SSSR count). The summed E-state index contributed by atoms with van der Waals surface area (Å²) in [5, 5.41) is 11.6. The SMILES string of the molecule is Cn1nc(C(=O)N2CCCCCC2)c2c1CC[C@@H](NCc1nc(-c3ccccc3)cs1)C2. The van der Waals surface area contributed by atoms with Gasteiger partial charge in [0.15, 0.2) is 5.69 Å². The van der Waals surface area contributed by atoms with Gasteiger partial charge in [0.05, 0.1) is 5.69 Å². The molecule has 0 saturated carbocycles. The molecule has 1 saturated heterocycles. The van der Waals surface area contributed by atoms with Gasteiger partial charge >= 0.3 is 0 Å². The number of rotatable bonds is 5. The number of aryl methyl sites for hydroxylation is 1. The molecule has 0 bridgehead atoms. The lowest BCUT2D eigenvalue weighted by molar-refractivity contribution is 0.0753. The average Bonchev–Trinajstić information content (AvgIpc) is 3.32. The molecule has 2 aromatic heterocycles. The maximum Gasteiger partial charge on any atom is 0.274 e. The minimum absolute atomic E-state index is 0.122. The lowest BCUT2D eigenvalue weighted by Crippen LogP contribution is -2.36. The van der Waals surface area contributed by atoms with Gasteiger partial charge in [-0.15, -0.1) is 11.3 Å². The van der Waals surface area contributed by atoms with Crippen LogP contribution in [0.2, 0.25) is 0 Å². The van der Waals surface area contributed by atoms with Gasteiger partial charge < -0.3 is 10.2 Å². The summed E-state index contributed by atoms with van der Waals surface area (Å²) in [6.45, 7) is 2.48. The minimum Gasteiger partial charge on any atom is -0.337 e. The van der Waals surface area contributed by atoms with Gasteiger partial charge in [-0.05, 0) is 32.1 Å². The third-order valence-corrected chi connectivity index (χ3v) is 7.56. The Morgan fingerprint density at radius 1 is 1.16 bits per heavy atom. The number of hydrogen-bond donors (Lipinski definition) is 1. The Labute approximate surface area is 193 Å². The molecule has 1 amide bonds. The van der Waals surface area contributed by atoms with Crippen molar-refractivity contribution in [3.63, 3.8) is 0 Å². The summed E-state index contributed by atoms with van der Waals surface area (Å²) in [6.07, 6.45) is 7.51. The molecule has 1 N–H and O–H groups in total. The van der Waals surface area contributed by atoms with Gasteiger partial charge in [-0.25, -0.2) is 4.98 Å². The van der Waals surface area contributed by atoms with Crippen LogP contribution in [0.15, 0.2) is 35.7 Å². The van der Waals surface area contributed by atoms with E-state index in [4.69, 9.17) is 4.98 Å². The highest BCUT2D eigenvalue weighted by Gasteiger charge is 2.30. The van der Waals surface area contributed by atoms with Gasteiger partial charge in [0.25, 0.3) is 5.91 Å². The van der Waals surface area contributed by atoms with Crippen LogP contribution in [0.5, 0.6) is 0 Å². The number of amides is 1.